The zero-order chi connectivity index (χ0) is 40.3. The van der Waals surface area contributed by atoms with Gasteiger partial charge in [-0.05, 0) is 111 Å². The lowest BCUT2D eigenvalue weighted by molar-refractivity contribution is 0.623. The van der Waals surface area contributed by atoms with Crippen molar-refractivity contribution < 1.29 is 4.42 Å². The minimum atomic E-state index is 0.624. The maximum atomic E-state index is 6.55. The number of hydrogen-bond acceptors (Lipinski definition) is 3. The Morgan fingerprint density at radius 3 is 1.75 bits per heavy atom. The Hall–Kier alpha value is -8.21. The molecule has 10 aromatic carbocycles. The summed E-state index contributed by atoms with van der Waals surface area (Å²) in [6.45, 7) is 0. The molecular formula is C57H37N3O. The minimum absolute atomic E-state index is 0.624. The first-order valence-corrected chi connectivity index (χ1v) is 20.7. The van der Waals surface area contributed by atoms with Gasteiger partial charge in [0.1, 0.15) is 5.52 Å². The Labute approximate surface area is 352 Å². The van der Waals surface area contributed by atoms with E-state index in [9.17, 15) is 0 Å². The molecule has 0 amide bonds. The van der Waals surface area contributed by atoms with Crippen LogP contribution in [0.4, 0.5) is 17.1 Å². The van der Waals surface area contributed by atoms with Crippen molar-refractivity contribution in [3.63, 3.8) is 0 Å². The van der Waals surface area contributed by atoms with Crippen molar-refractivity contribution >= 4 is 71.5 Å². The van der Waals surface area contributed by atoms with E-state index in [0.29, 0.717) is 5.89 Å². The quantitative estimate of drug-likeness (QED) is 0.162. The number of para-hydroxylation sites is 2. The molecule has 61 heavy (non-hydrogen) atoms. The van der Waals surface area contributed by atoms with Crippen molar-refractivity contribution in [2.75, 3.05) is 4.90 Å². The van der Waals surface area contributed by atoms with Crippen molar-refractivity contribution in [1.29, 1.82) is 0 Å². The summed E-state index contributed by atoms with van der Waals surface area (Å²) in [5.41, 5.74) is 13.9. The number of benzene rings is 10. The third kappa shape index (κ3) is 5.88. The molecule has 0 aliphatic heterocycles. The van der Waals surface area contributed by atoms with Crippen LogP contribution in [0, 0.1) is 0 Å². The van der Waals surface area contributed by atoms with Crippen LogP contribution in [0.1, 0.15) is 0 Å². The summed E-state index contributed by atoms with van der Waals surface area (Å²) in [6.07, 6.45) is 0. The van der Waals surface area contributed by atoms with E-state index in [4.69, 9.17) is 9.40 Å². The molecule has 2 aromatic heterocycles. The lowest BCUT2D eigenvalue weighted by atomic mass is 9.97. The zero-order valence-corrected chi connectivity index (χ0v) is 33.1. The second kappa shape index (κ2) is 14.3. The van der Waals surface area contributed by atoms with Crippen LogP contribution in [0.25, 0.3) is 93.8 Å². The number of aromatic nitrogens is 2. The van der Waals surface area contributed by atoms with Crippen molar-refractivity contribution in [3.8, 4) is 39.4 Å². The minimum Gasteiger partial charge on any atom is -0.435 e. The van der Waals surface area contributed by atoms with Crippen molar-refractivity contribution in [2.45, 2.75) is 0 Å². The van der Waals surface area contributed by atoms with Crippen molar-refractivity contribution in [3.05, 3.63) is 224 Å². The molecule has 286 valence electrons. The summed E-state index contributed by atoms with van der Waals surface area (Å²) in [4.78, 5) is 7.27. The predicted molar refractivity (Wildman–Crippen MR) is 254 cm³/mol. The molecule has 2 heterocycles. The lowest BCUT2D eigenvalue weighted by Crippen LogP contribution is -2.10. The average Bonchev–Trinajstić information content (AvgIpc) is 3.92. The van der Waals surface area contributed by atoms with Crippen LogP contribution >= 0.6 is 0 Å². The molecule has 0 radical (unpaired) electrons. The van der Waals surface area contributed by atoms with Gasteiger partial charge in [0.05, 0.1) is 11.0 Å². The van der Waals surface area contributed by atoms with Gasteiger partial charge >= 0.3 is 0 Å². The molecule has 0 saturated heterocycles. The molecule has 4 nitrogen and oxygen atoms in total. The largest absolute Gasteiger partial charge is 0.435 e. The first-order valence-electron chi connectivity index (χ1n) is 20.7. The van der Waals surface area contributed by atoms with E-state index in [0.717, 1.165) is 66.8 Å². The SMILES string of the molecule is c1ccc(-c2nc3ccc4cccc(-c5ccc(N(c6ccc(-c7cccc8ccccc78)cc6)c6ccc7c8ccccc8n(-c8ccccc8)c7c6)cc5)c4c3o2)cc1. The number of rotatable bonds is 7. The third-order valence-corrected chi connectivity index (χ3v) is 12.0. The van der Waals surface area contributed by atoms with Gasteiger partial charge in [-0.15, -0.1) is 0 Å². The smallest absolute Gasteiger partial charge is 0.227 e. The summed E-state index contributed by atoms with van der Waals surface area (Å²) in [7, 11) is 0. The molecule has 0 N–H and O–H groups in total. The highest BCUT2D eigenvalue weighted by atomic mass is 16.3. The Morgan fingerprint density at radius 2 is 0.984 bits per heavy atom. The van der Waals surface area contributed by atoms with Gasteiger partial charge in [-0.1, -0.05) is 152 Å². The van der Waals surface area contributed by atoms with Gasteiger partial charge in [0.25, 0.3) is 0 Å². The molecule has 0 aliphatic rings. The number of fused-ring (bicyclic) bond motifs is 7. The third-order valence-electron chi connectivity index (χ3n) is 12.0. The Bertz CT molecular complexity index is 3560. The first kappa shape index (κ1) is 34.8. The van der Waals surface area contributed by atoms with E-state index in [-0.39, 0.29) is 0 Å². The average molecular weight is 780 g/mol. The van der Waals surface area contributed by atoms with Gasteiger partial charge in [0.2, 0.25) is 5.89 Å². The van der Waals surface area contributed by atoms with E-state index >= 15 is 0 Å². The van der Waals surface area contributed by atoms with Gasteiger partial charge in [0.15, 0.2) is 5.58 Å². The molecule has 0 bridgehead atoms. The fraction of sp³-hybridized carbons (Fsp3) is 0. The van der Waals surface area contributed by atoms with Gasteiger partial charge in [-0.25, -0.2) is 4.98 Å². The summed E-state index contributed by atoms with van der Waals surface area (Å²) in [5, 5.41) is 7.10. The number of oxazole rings is 1. The van der Waals surface area contributed by atoms with Crippen molar-refractivity contribution in [2.24, 2.45) is 0 Å². The second-order valence-electron chi connectivity index (χ2n) is 15.5. The zero-order valence-electron chi connectivity index (χ0n) is 33.1. The Balaban J connectivity index is 1.01. The summed E-state index contributed by atoms with van der Waals surface area (Å²) < 4.78 is 8.93. The van der Waals surface area contributed by atoms with E-state index in [2.05, 4.69) is 204 Å². The molecule has 12 aromatic rings. The molecule has 4 heteroatoms. The first-order chi connectivity index (χ1) is 30.2. The van der Waals surface area contributed by atoms with E-state index in [1.165, 1.54) is 38.2 Å². The molecular weight excluding hydrogens is 743 g/mol. The molecule has 0 unspecified atom stereocenters. The molecule has 0 spiro atoms. The van der Waals surface area contributed by atoms with Crippen LogP contribution in [0.3, 0.4) is 0 Å². The normalized spacial score (nSPS) is 11.6. The summed E-state index contributed by atoms with van der Waals surface area (Å²) >= 11 is 0. The highest BCUT2D eigenvalue weighted by molar-refractivity contribution is 6.12. The van der Waals surface area contributed by atoms with E-state index in [1.54, 1.807) is 0 Å². The van der Waals surface area contributed by atoms with Gasteiger partial charge in [-0.3, -0.25) is 0 Å². The fourth-order valence-electron chi connectivity index (χ4n) is 9.16. The lowest BCUT2D eigenvalue weighted by Gasteiger charge is -2.26. The molecule has 0 atom stereocenters. The van der Waals surface area contributed by atoms with Crippen molar-refractivity contribution in [1.82, 2.24) is 9.55 Å². The second-order valence-corrected chi connectivity index (χ2v) is 15.5. The number of nitrogens with zero attached hydrogens (tertiary/aromatic N) is 3. The Kier molecular flexibility index (Phi) is 8.13. The maximum Gasteiger partial charge on any atom is 0.227 e. The Morgan fingerprint density at radius 1 is 0.393 bits per heavy atom. The highest BCUT2D eigenvalue weighted by Gasteiger charge is 2.19. The highest BCUT2D eigenvalue weighted by Crippen LogP contribution is 2.42. The van der Waals surface area contributed by atoms with E-state index < -0.39 is 0 Å². The predicted octanol–water partition coefficient (Wildman–Crippen LogP) is 15.7. The van der Waals surface area contributed by atoms with Crippen LogP contribution in [0.15, 0.2) is 229 Å². The standard InChI is InChI=1S/C57H37N3O/c1-3-14-42(15-4-1)57-58-52-36-29-41-17-12-23-49(55(41)56(52)61-57)40-27-32-45(33-28-40)59(44-30-25-39(26-31-44)48-22-11-16-38-13-7-8-20-47(38)48)46-34-35-51-50-21-9-10-24-53(50)60(54(51)37-46)43-18-5-2-6-19-43/h1-37H. The van der Waals surface area contributed by atoms with Gasteiger partial charge < -0.3 is 13.9 Å². The fourth-order valence-corrected chi connectivity index (χ4v) is 9.16. The van der Waals surface area contributed by atoms with Crippen LogP contribution < -0.4 is 4.90 Å². The van der Waals surface area contributed by atoms with E-state index in [1.807, 2.05) is 30.3 Å². The molecule has 0 aliphatic carbocycles. The van der Waals surface area contributed by atoms with Crippen LogP contribution in [-0.2, 0) is 0 Å². The summed E-state index contributed by atoms with van der Waals surface area (Å²) in [5.74, 6) is 0.624. The number of anilines is 3. The molecule has 0 fully saturated rings. The van der Waals surface area contributed by atoms with Crippen LogP contribution in [0.2, 0.25) is 0 Å². The topological polar surface area (TPSA) is 34.2 Å². The number of hydrogen-bond donors (Lipinski definition) is 0. The van der Waals surface area contributed by atoms with Crippen LogP contribution in [0.5, 0.6) is 0 Å². The molecule has 0 saturated carbocycles. The van der Waals surface area contributed by atoms with Gasteiger partial charge in [0, 0.05) is 44.5 Å². The van der Waals surface area contributed by atoms with Crippen LogP contribution in [-0.4, -0.2) is 9.55 Å². The van der Waals surface area contributed by atoms with Gasteiger partial charge in [-0.2, -0.15) is 0 Å². The monoisotopic (exact) mass is 779 g/mol. The maximum absolute atomic E-state index is 6.55. The molecule has 12 rings (SSSR count). The summed E-state index contributed by atoms with van der Waals surface area (Å²) in [6, 6.07) is 80.0.